The molecule has 116 valence electrons. The number of methoxy groups -OCH3 is 1. The molecule has 0 aliphatic rings. The van der Waals surface area contributed by atoms with Crippen molar-refractivity contribution in [3.05, 3.63) is 75.8 Å². The summed E-state index contributed by atoms with van der Waals surface area (Å²) in [5.74, 6) is -0.108. The van der Waals surface area contributed by atoms with E-state index in [-0.39, 0.29) is 5.69 Å². The van der Waals surface area contributed by atoms with Gasteiger partial charge in [-0.15, -0.1) is 0 Å². The number of benzene rings is 2. The van der Waals surface area contributed by atoms with Gasteiger partial charge in [-0.05, 0) is 24.1 Å². The fourth-order valence-electron chi connectivity index (χ4n) is 2.26. The van der Waals surface area contributed by atoms with Gasteiger partial charge in [0.05, 0.1) is 29.6 Å². The highest BCUT2D eigenvalue weighted by atomic mass is 16.6. The third-order valence-electron chi connectivity index (χ3n) is 3.44. The first-order valence-corrected chi connectivity index (χ1v) is 7.09. The van der Waals surface area contributed by atoms with Crippen LogP contribution < -0.4 is 4.74 Å². The van der Waals surface area contributed by atoms with Crippen LogP contribution in [0.25, 0.3) is 6.08 Å². The molecule has 2 aromatic carbocycles. The molecule has 1 atom stereocenters. The predicted molar refractivity (Wildman–Crippen MR) is 88.1 cm³/mol. The second kappa shape index (κ2) is 7.76. The molecule has 0 amide bonds. The molecule has 0 saturated heterocycles. The van der Waals surface area contributed by atoms with Gasteiger partial charge in [0.2, 0.25) is 0 Å². The van der Waals surface area contributed by atoms with E-state index in [0.717, 1.165) is 5.56 Å². The molecule has 2 rings (SSSR count). The minimum atomic E-state index is -0.606. The third kappa shape index (κ3) is 4.17. The minimum Gasteiger partial charge on any atom is -0.497 e. The average molecular weight is 308 g/mol. The van der Waals surface area contributed by atoms with Gasteiger partial charge in [-0.3, -0.25) is 10.1 Å². The van der Waals surface area contributed by atoms with Crippen LogP contribution in [0.1, 0.15) is 23.5 Å². The van der Waals surface area contributed by atoms with Gasteiger partial charge in [-0.25, -0.2) is 0 Å². The summed E-state index contributed by atoms with van der Waals surface area (Å²) in [4.78, 5) is 10.7. The van der Waals surface area contributed by atoms with E-state index in [9.17, 15) is 15.4 Å². The van der Waals surface area contributed by atoms with Crippen molar-refractivity contribution in [1.82, 2.24) is 0 Å². The first-order chi connectivity index (χ1) is 11.2. The molecule has 0 heterocycles. The van der Waals surface area contributed by atoms with Crippen molar-refractivity contribution in [2.24, 2.45) is 0 Å². The summed E-state index contributed by atoms with van der Waals surface area (Å²) in [6.07, 6.45) is 4.14. The standard InChI is InChI=1S/C18H16N2O3/c1-23-16-10-11-18(20(21)22)17(12-16)15(13-19)9-5-8-14-6-3-2-4-7-14/h2-8,10-12,15H,9H2,1H3/b8-5+. The second-order valence-corrected chi connectivity index (χ2v) is 4.91. The largest absolute Gasteiger partial charge is 0.497 e. The maximum absolute atomic E-state index is 11.2. The normalized spacial score (nSPS) is 11.8. The Morgan fingerprint density at radius 1 is 1.30 bits per heavy atom. The molecule has 0 radical (unpaired) electrons. The summed E-state index contributed by atoms with van der Waals surface area (Å²) in [5.41, 5.74) is 1.32. The van der Waals surface area contributed by atoms with Crippen molar-refractivity contribution >= 4 is 11.8 Å². The molecule has 0 fully saturated rings. The maximum atomic E-state index is 11.2. The van der Waals surface area contributed by atoms with Gasteiger partial charge in [-0.1, -0.05) is 42.5 Å². The fraction of sp³-hybridized carbons (Fsp3) is 0.167. The van der Waals surface area contributed by atoms with E-state index >= 15 is 0 Å². The highest BCUT2D eigenvalue weighted by Gasteiger charge is 2.22. The first kappa shape index (κ1) is 16.2. The first-order valence-electron chi connectivity index (χ1n) is 7.09. The molecule has 0 aliphatic carbocycles. The summed E-state index contributed by atoms with van der Waals surface area (Å²) >= 11 is 0. The van der Waals surface area contributed by atoms with Crippen LogP contribution in [-0.4, -0.2) is 12.0 Å². The van der Waals surface area contributed by atoms with Crippen molar-refractivity contribution in [2.45, 2.75) is 12.3 Å². The smallest absolute Gasteiger partial charge is 0.274 e. The Bertz CT molecular complexity index is 749. The molecular weight excluding hydrogens is 292 g/mol. The quantitative estimate of drug-likeness (QED) is 0.588. The van der Waals surface area contributed by atoms with Crippen LogP contribution in [0.5, 0.6) is 5.75 Å². The number of rotatable bonds is 6. The number of hydrogen-bond acceptors (Lipinski definition) is 4. The molecule has 0 aromatic heterocycles. The van der Waals surface area contributed by atoms with Crippen LogP contribution in [0.15, 0.2) is 54.6 Å². The molecule has 0 N–H and O–H groups in total. The number of ether oxygens (including phenoxy) is 1. The molecule has 1 unspecified atom stereocenters. The van der Waals surface area contributed by atoms with E-state index < -0.39 is 10.8 Å². The molecule has 0 spiro atoms. The van der Waals surface area contributed by atoms with E-state index in [4.69, 9.17) is 4.74 Å². The van der Waals surface area contributed by atoms with Crippen molar-refractivity contribution in [2.75, 3.05) is 7.11 Å². The fourth-order valence-corrected chi connectivity index (χ4v) is 2.26. The number of nitro groups is 1. The number of nitriles is 1. The van der Waals surface area contributed by atoms with Crippen molar-refractivity contribution in [3.8, 4) is 11.8 Å². The van der Waals surface area contributed by atoms with Gasteiger partial charge >= 0.3 is 0 Å². The van der Waals surface area contributed by atoms with Crippen molar-refractivity contribution < 1.29 is 9.66 Å². The van der Waals surface area contributed by atoms with Gasteiger partial charge in [0, 0.05) is 6.07 Å². The van der Waals surface area contributed by atoms with Crippen LogP contribution >= 0.6 is 0 Å². The van der Waals surface area contributed by atoms with Gasteiger partial charge < -0.3 is 4.74 Å². The van der Waals surface area contributed by atoms with E-state index in [2.05, 4.69) is 6.07 Å². The van der Waals surface area contributed by atoms with E-state index in [0.29, 0.717) is 17.7 Å². The second-order valence-electron chi connectivity index (χ2n) is 4.91. The Hall–Kier alpha value is -3.13. The molecule has 23 heavy (non-hydrogen) atoms. The molecular formula is C18H16N2O3. The lowest BCUT2D eigenvalue weighted by Crippen LogP contribution is -2.01. The topological polar surface area (TPSA) is 76.2 Å². The zero-order valence-corrected chi connectivity index (χ0v) is 12.7. The summed E-state index contributed by atoms with van der Waals surface area (Å²) < 4.78 is 5.11. The summed E-state index contributed by atoms with van der Waals surface area (Å²) in [7, 11) is 1.49. The highest BCUT2D eigenvalue weighted by molar-refractivity contribution is 5.52. The molecule has 0 saturated carbocycles. The predicted octanol–water partition coefficient (Wildman–Crippen LogP) is 4.31. The summed E-state index contributed by atoms with van der Waals surface area (Å²) in [6, 6.07) is 16.3. The van der Waals surface area contributed by atoms with E-state index in [1.807, 2.05) is 42.5 Å². The van der Waals surface area contributed by atoms with Gasteiger partial charge in [0.1, 0.15) is 5.75 Å². The number of nitro benzene ring substituents is 1. The van der Waals surface area contributed by atoms with Crippen LogP contribution in [0, 0.1) is 21.4 Å². The maximum Gasteiger partial charge on any atom is 0.274 e. The summed E-state index contributed by atoms with van der Waals surface area (Å²) in [6.45, 7) is 0. The molecule has 5 heteroatoms. The molecule has 0 bridgehead atoms. The Labute approximate surface area is 134 Å². The van der Waals surface area contributed by atoms with Crippen LogP contribution in [0.4, 0.5) is 5.69 Å². The van der Waals surface area contributed by atoms with E-state index in [1.165, 1.54) is 19.2 Å². The number of nitrogens with zero attached hydrogens (tertiary/aromatic N) is 2. The lowest BCUT2D eigenvalue weighted by Gasteiger charge is -2.09. The van der Waals surface area contributed by atoms with Crippen molar-refractivity contribution in [1.29, 1.82) is 5.26 Å². The average Bonchev–Trinajstić information content (AvgIpc) is 2.59. The SMILES string of the molecule is COc1ccc([N+](=O)[O-])c(C(C#N)C/C=C/c2ccccc2)c1. The van der Waals surface area contributed by atoms with Crippen LogP contribution in [0.3, 0.4) is 0 Å². The Morgan fingerprint density at radius 3 is 2.65 bits per heavy atom. The molecule has 5 nitrogen and oxygen atoms in total. The highest BCUT2D eigenvalue weighted by Crippen LogP contribution is 2.32. The molecule has 2 aromatic rings. The monoisotopic (exact) mass is 308 g/mol. The van der Waals surface area contributed by atoms with E-state index in [1.54, 1.807) is 6.07 Å². The number of allylic oxidation sites excluding steroid dienone is 1. The van der Waals surface area contributed by atoms with Crippen molar-refractivity contribution in [3.63, 3.8) is 0 Å². The Morgan fingerprint density at radius 2 is 2.04 bits per heavy atom. The lowest BCUT2D eigenvalue weighted by molar-refractivity contribution is -0.385. The third-order valence-corrected chi connectivity index (χ3v) is 3.44. The lowest BCUT2D eigenvalue weighted by atomic mass is 9.94. The van der Waals surface area contributed by atoms with Crippen LogP contribution in [-0.2, 0) is 0 Å². The summed E-state index contributed by atoms with van der Waals surface area (Å²) in [5, 5.41) is 20.6. The van der Waals surface area contributed by atoms with Gasteiger partial charge in [0.15, 0.2) is 0 Å². The van der Waals surface area contributed by atoms with Crippen LogP contribution in [0.2, 0.25) is 0 Å². The zero-order chi connectivity index (χ0) is 16.7. The molecule has 0 aliphatic heterocycles. The van der Waals surface area contributed by atoms with Gasteiger partial charge in [-0.2, -0.15) is 5.26 Å². The Kier molecular flexibility index (Phi) is 5.48. The zero-order valence-electron chi connectivity index (χ0n) is 12.7. The minimum absolute atomic E-state index is 0.0644. The Balaban J connectivity index is 2.25. The number of hydrogen-bond donors (Lipinski definition) is 0. The van der Waals surface area contributed by atoms with Gasteiger partial charge in [0.25, 0.3) is 5.69 Å².